The maximum Gasteiger partial charge on any atom is 0.193 e. The van der Waals surface area contributed by atoms with E-state index in [4.69, 9.17) is 4.74 Å². The number of phenolic OH excluding ortho intramolecular Hbond substituents is 1. The molecule has 0 atom stereocenters. The lowest BCUT2D eigenvalue weighted by molar-refractivity contribution is 0.0972. The molecule has 0 spiro atoms. The van der Waals surface area contributed by atoms with Crippen molar-refractivity contribution in [1.82, 2.24) is 0 Å². The number of carbonyl (C=O) groups is 2. The van der Waals surface area contributed by atoms with Crippen LogP contribution >= 0.6 is 0 Å². The van der Waals surface area contributed by atoms with E-state index >= 15 is 0 Å². The summed E-state index contributed by atoms with van der Waals surface area (Å²) in [5.74, 6) is -0.414. The summed E-state index contributed by atoms with van der Waals surface area (Å²) in [6.07, 6.45) is 0. The van der Waals surface area contributed by atoms with Gasteiger partial charge in [-0.15, -0.1) is 0 Å². The summed E-state index contributed by atoms with van der Waals surface area (Å²) in [5.41, 5.74) is 1.06. The molecule has 0 bridgehead atoms. The smallest absolute Gasteiger partial charge is 0.193 e. The molecular weight excluding hydrogens is 220 g/mol. The predicted molar refractivity (Wildman–Crippen MR) is 61.7 cm³/mol. The molecule has 0 saturated heterocycles. The standard InChI is InChI=1S/C13H12O4/c1-6-7(2)13(16)11-9(12(6)15)4-8(17-3)5-10(11)14/h4-5,14H,1-3H3. The van der Waals surface area contributed by atoms with E-state index in [9.17, 15) is 14.7 Å². The van der Waals surface area contributed by atoms with E-state index in [1.54, 1.807) is 13.8 Å². The fraction of sp³-hybridized carbons (Fsp3) is 0.231. The third-order valence-electron chi connectivity index (χ3n) is 3.04. The number of carbonyl (C=O) groups excluding carboxylic acids is 2. The Morgan fingerprint density at radius 3 is 2.24 bits per heavy atom. The van der Waals surface area contributed by atoms with Gasteiger partial charge in [-0.05, 0) is 19.9 Å². The van der Waals surface area contributed by atoms with Gasteiger partial charge in [-0.25, -0.2) is 0 Å². The van der Waals surface area contributed by atoms with Crippen molar-refractivity contribution in [2.75, 3.05) is 7.11 Å². The second kappa shape index (κ2) is 3.73. The molecule has 0 heterocycles. The molecule has 0 radical (unpaired) electrons. The number of methoxy groups -OCH3 is 1. The van der Waals surface area contributed by atoms with Crippen LogP contribution in [0.25, 0.3) is 0 Å². The number of Topliss-reactive ketones (excluding diaryl/α,β-unsaturated/α-hetero) is 2. The zero-order chi connectivity index (χ0) is 12.7. The lowest BCUT2D eigenvalue weighted by atomic mass is 9.85. The molecule has 0 saturated carbocycles. The second-order valence-corrected chi connectivity index (χ2v) is 3.98. The molecule has 4 nitrogen and oxygen atoms in total. The molecule has 0 unspecified atom stereocenters. The van der Waals surface area contributed by atoms with Crippen LogP contribution in [-0.4, -0.2) is 23.8 Å². The Hall–Kier alpha value is -2.10. The minimum Gasteiger partial charge on any atom is -0.507 e. The fourth-order valence-electron chi connectivity index (χ4n) is 1.87. The molecule has 0 amide bonds. The molecule has 4 heteroatoms. The van der Waals surface area contributed by atoms with Crippen LogP contribution in [0.4, 0.5) is 0 Å². The highest BCUT2D eigenvalue weighted by atomic mass is 16.5. The molecule has 0 aliphatic heterocycles. The Morgan fingerprint density at radius 1 is 1.06 bits per heavy atom. The first kappa shape index (κ1) is 11.4. The molecule has 17 heavy (non-hydrogen) atoms. The van der Waals surface area contributed by atoms with Crippen LogP contribution in [-0.2, 0) is 0 Å². The fourth-order valence-corrected chi connectivity index (χ4v) is 1.87. The number of fused-ring (bicyclic) bond motifs is 1. The minimum atomic E-state index is -0.308. The number of benzene rings is 1. The number of hydrogen-bond acceptors (Lipinski definition) is 4. The van der Waals surface area contributed by atoms with Gasteiger partial charge in [0.2, 0.25) is 0 Å². The maximum absolute atomic E-state index is 12.0. The van der Waals surface area contributed by atoms with Crippen LogP contribution in [0.5, 0.6) is 11.5 Å². The normalized spacial score (nSPS) is 15.0. The number of rotatable bonds is 1. The van der Waals surface area contributed by atoms with E-state index in [-0.39, 0.29) is 28.4 Å². The van der Waals surface area contributed by atoms with Gasteiger partial charge in [-0.2, -0.15) is 0 Å². The van der Waals surface area contributed by atoms with Gasteiger partial charge in [0, 0.05) is 22.8 Å². The van der Waals surface area contributed by atoms with E-state index in [2.05, 4.69) is 0 Å². The van der Waals surface area contributed by atoms with Gasteiger partial charge in [0.25, 0.3) is 0 Å². The third-order valence-corrected chi connectivity index (χ3v) is 3.04. The van der Waals surface area contributed by atoms with Crippen molar-refractivity contribution >= 4 is 11.6 Å². The highest BCUT2D eigenvalue weighted by Gasteiger charge is 2.30. The first-order valence-electron chi connectivity index (χ1n) is 5.15. The number of ether oxygens (including phenoxy) is 1. The van der Waals surface area contributed by atoms with Crippen molar-refractivity contribution in [3.63, 3.8) is 0 Å². The molecule has 0 aromatic heterocycles. The highest BCUT2D eigenvalue weighted by molar-refractivity contribution is 6.27. The largest absolute Gasteiger partial charge is 0.507 e. The summed E-state index contributed by atoms with van der Waals surface area (Å²) in [6, 6.07) is 2.81. The predicted octanol–water partition coefficient (Wildman–Crippen LogP) is 2.12. The van der Waals surface area contributed by atoms with E-state index in [0.29, 0.717) is 16.9 Å². The lowest BCUT2D eigenvalue weighted by Gasteiger charge is -2.18. The Bertz CT molecular complexity index is 567. The highest BCUT2D eigenvalue weighted by Crippen LogP contribution is 2.35. The topological polar surface area (TPSA) is 63.6 Å². The monoisotopic (exact) mass is 232 g/mol. The van der Waals surface area contributed by atoms with Gasteiger partial charge in [0.1, 0.15) is 11.5 Å². The van der Waals surface area contributed by atoms with Gasteiger partial charge in [0.05, 0.1) is 12.7 Å². The van der Waals surface area contributed by atoms with E-state index in [1.165, 1.54) is 19.2 Å². The molecule has 1 aliphatic carbocycles. The number of hydrogen-bond donors (Lipinski definition) is 1. The van der Waals surface area contributed by atoms with Crippen LogP contribution in [0.15, 0.2) is 23.3 Å². The minimum absolute atomic E-state index is 0.0684. The SMILES string of the molecule is COc1cc(O)c2c(c1)C(=O)C(C)=C(C)C2=O. The first-order chi connectivity index (χ1) is 7.97. The number of aromatic hydroxyl groups is 1. The van der Waals surface area contributed by atoms with Gasteiger partial charge in [-0.1, -0.05) is 0 Å². The Morgan fingerprint density at radius 2 is 1.65 bits per heavy atom. The van der Waals surface area contributed by atoms with Crippen molar-refractivity contribution in [1.29, 1.82) is 0 Å². The Labute approximate surface area is 98.5 Å². The molecule has 1 aliphatic rings. The summed E-state index contributed by atoms with van der Waals surface area (Å²) >= 11 is 0. The third kappa shape index (κ3) is 1.53. The van der Waals surface area contributed by atoms with Crippen LogP contribution in [0.3, 0.4) is 0 Å². The van der Waals surface area contributed by atoms with Gasteiger partial charge in [0.15, 0.2) is 11.6 Å². The Balaban J connectivity index is 2.76. The van der Waals surface area contributed by atoms with Crippen molar-refractivity contribution in [3.8, 4) is 11.5 Å². The molecule has 88 valence electrons. The van der Waals surface area contributed by atoms with E-state index in [0.717, 1.165) is 0 Å². The van der Waals surface area contributed by atoms with Crippen LogP contribution in [0.1, 0.15) is 34.6 Å². The summed E-state index contributed by atoms with van der Waals surface area (Å²) in [6.45, 7) is 3.19. The number of ketones is 2. The molecule has 0 fully saturated rings. The summed E-state index contributed by atoms with van der Waals surface area (Å²) in [4.78, 5) is 24.0. The van der Waals surface area contributed by atoms with Gasteiger partial charge in [-0.3, -0.25) is 9.59 Å². The average molecular weight is 232 g/mol. The van der Waals surface area contributed by atoms with Crippen LogP contribution in [0, 0.1) is 0 Å². The molecular formula is C13H12O4. The summed E-state index contributed by atoms with van der Waals surface area (Å²) in [7, 11) is 1.43. The van der Waals surface area contributed by atoms with Crippen LogP contribution in [0.2, 0.25) is 0 Å². The molecule has 1 aromatic rings. The van der Waals surface area contributed by atoms with E-state index < -0.39 is 0 Å². The van der Waals surface area contributed by atoms with Gasteiger partial charge < -0.3 is 9.84 Å². The summed E-state index contributed by atoms with van der Waals surface area (Å²) in [5, 5.41) is 9.78. The summed E-state index contributed by atoms with van der Waals surface area (Å²) < 4.78 is 4.97. The molecule has 1 aromatic carbocycles. The van der Waals surface area contributed by atoms with Crippen LogP contribution < -0.4 is 4.74 Å². The molecule has 1 N–H and O–H groups in total. The Kier molecular flexibility index (Phi) is 2.50. The quantitative estimate of drug-likeness (QED) is 0.805. The second-order valence-electron chi connectivity index (χ2n) is 3.98. The maximum atomic E-state index is 12.0. The van der Waals surface area contributed by atoms with Crippen molar-refractivity contribution in [2.24, 2.45) is 0 Å². The van der Waals surface area contributed by atoms with Crippen molar-refractivity contribution in [2.45, 2.75) is 13.8 Å². The molecule has 2 rings (SSSR count). The van der Waals surface area contributed by atoms with E-state index in [1.807, 2.05) is 0 Å². The first-order valence-corrected chi connectivity index (χ1v) is 5.15. The zero-order valence-corrected chi connectivity index (χ0v) is 9.83. The number of allylic oxidation sites excluding steroid dienone is 2. The van der Waals surface area contributed by atoms with Gasteiger partial charge >= 0.3 is 0 Å². The van der Waals surface area contributed by atoms with Crippen molar-refractivity contribution in [3.05, 3.63) is 34.4 Å². The zero-order valence-electron chi connectivity index (χ0n) is 9.83. The lowest BCUT2D eigenvalue weighted by Crippen LogP contribution is -2.19. The van der Waals surface area contributed by atoms with Crippen molar-refractivity contribution < 1.29 is 19.4 Å². The average Bonchev–Trinajstić information content (AvgIpc) is 2.32. The number of phenols is 1.